The van der Waals surface area contributed by atoms with Crippen LogP contribution in [0.2, 0.25) is 0 Å². The lowest BCUT2D eigenvalue weighted by molar-refractivity contribution is -0.777. The molecule has 2 aliphatic heterocycles. The summed E-state index contributed by atoms with van der Waals surface area (Å²) in [4.78, 5) is 2.06. The monoisotopic (exact) mass is 927 g/mol. The van der Waals surface area contributed by atoms with E-state index in [2.05, 4.69) is 147 Å². The van der Waals surface area contributed by atoms with Crippen molar-refractivity contribution in [3.63, 3.8) is 0 Å². The molecule has 64 heavy (non-hydrogen) atoms. The molecule has 0 radical (unpaired) electrons. The molecule has 2 aliphatic rings. The van der Waals surface area contributed by atoms with Crippen LogP contribution in [-0.4, -0.2) is 66.3 Å². The number of hydrogen-bond acceptors (Lipinski definition) is 12. The van der Waals surface area contributed by atoms with Crippen molar-refractivity contribution < 1.29 is 41.2 Å². The van der Waals surface area contributed by atoms with E-state index < -0.39 is 29.0 Å². The van der Waals surface area contributed by atoms with Crippen LogP contribution in [0, 0.1) is 11.3 Å². The van der Waals surface area contributed by atoms with Crippen molar-refractivity contribution in [3.05, 3.63) is 108 Å². The van der Waals surface area contributed by atoms with Crippen LogP contribution < -0.4 is 10.2 Å². The quantitative estimate of drug-likeness (QED) is 0.0114. The van der Waals surface area contributed by atoms with Gasteiger partial charge in [-0.1, -0.05) is 62.4 Å². The van der Waals surface area contributed by atoms with Crippen molar-refractivity contribution in [2.45, 2.75) is 121 Å². The number of likely N-dealkylation sites (N-methyl/N-ethyl adjacent to an activating group) is 1. The Hall–Kier alpha value is -3.97. The third kappa shape index (κ3) is 10.4. The maximum atomic E-state index is 12.3. The molecule has 1 unspecified atom stereocenters. The summed E-state index contributed by atoms with van der Waals surface area (Å²) in [6.45, 7) is 21.8. The fourth-order valence-electron chi connectivity index (χ4n) is 9.38. The minimum atomic E-state index is -4.83. The molecule has 0 aliphatic carbocycles. The van der Waals surface area contributed by atoms with Crippen LogP contribution in [0.25, 0.3) is 21.5 Å². The number of fused-ring (bicyclic) bond motifs is 6. The van der Waals surface area contributed by atoms with Gasteiger partial charge in [0.25, 0.3) is 8.53 Å². The van der Waals surface area contributed by atoms with Crippen LogP contribution in [0.1, 0.15) is 99.1 Å². The number of benzene rings is 4. The number of rotatable bonds is 21. The van der Waals surface area contributed by atoms with Crippen molar-refractivity contribution in [2.75, 3.05) is 31.2 Å². The summed E-state index contributed by atoms with van der Waals surface area (Å²) in [6, 6.07) is 22.2. The molecule has 12 nitrogen and oxygen atoms in total. The zero-order valence-electron chi connectivity index (χ0n) is 38.3. The molecule has 0 spiro atoms. The largest absolute Gasteiger partial charge is 0.744 e. The molecule has 15 heteroatoms. The van der Waals surface area contributed by atoms with E-state index in [1.165, 1.54) is 39.9 Å². The van der Waals surface area contributed by atoms with Crippen LogP contribution >= 0.6 is 20.6 Å². The van der Waals surface area contributed by atoms with Crippen LogP contribution in [0.4, 0.5) is 11.4 Å². The maximum Gasteiger partial charge on any atom is 0.259 e. The molecular formula is C49H60N4O8PS2-. The van der Waals surface area contributed by atoms with E-state index >= 15 is 0 Å². The van der Waals surface area contributed by atoms with Crippen LogP contribution in [0.15, 0.2) is 107 Å². The maximum absolute atomic E-state index is 12.3. The molecule has 0 amide bonds. The Morgan fingerprint density at radius 3 is 2.31 bits per heavy atom. The van der Waals surface area contributed by atoms with Crippen LogP contribution in [0.5, 0.6) is 0 Å². The van der Waals surface area contributed by atoms with Crippen molar-refractivity contribution in [2.24, 2.45) is 0 Å². The molecule has 0 saturated carbocycles. The minimum absolute atomic E-state index is 0.252. The molecule has 0 N–H and O–H groups in total. The van der Waals surface area contributed by atoms with Gasteiger partial charge >= 0.3 is 0 Å². The zero-order valence-corrected chi connectivity index (χ0v) is 40.8. The van der Waals surface area contributed by atoms with E-state index in [0.29, 0.717) is 49.0 Å². The second-order valence-electron chi connectivity index (χ2n) is 17.6. The summed E-state index contributed by atoms with van der Waals surface area (Å²) in [6.07, 6.45) is 13.7. The first kappa shape index (κ1) is 49.5. The first-order chi connectivity index (χ1) is 30.5. The summed E-state index contributed by atoms with van der Waals surface area (Å²) in [7, 11) is -6.10. The highest BCUT2D eigenvalue weighted by Gasteiger charge is 2.45. The summed E-state index contributed by atoms with van der Waals surface area (Å²) in [5, 5.41) is 27.0. The summed E-state index contributed by atoms with van der Waals surface area (Å²) < 4.78 is 58.6. The van der Waals surface area contributed by atoms with Crippen LogP contribution in [0.3, 0.4) is 0 Å². The van der Waals surface area contributed by atoms with Gasteiger partial charge in [-0.25, -0.2) is 13.1 Å². The van der Waals surface area contributed by atoms with Gasteiger partial charge in [-0.2, -0.15) is 14.2 Å². The van der Waals surface area contributed by atoms with E-state index in [-0.39, 0.29) is 22.4 Å². The summed E-state index contributed by atoms with van der Waals surface area (Å²) in [5.41, 5.74) is 5.67. The third-order valence-corrected chi connectivity index (χ3v) is 15.6. The van der Waals surface area contributed by atoms with Crippen molar-refractivity contribution in [1.82, 2.24) is 4.67 Å². The molecule has 2 heterocycles. The first-order valence-electron chi connectivity index (χ1n) is 21.9. The van der Waals surface area contributed by atoms with Crippen molar-refractivity contribution >= 4 is 69.3 Å². The minimum Gasteiger partial charge on any atom is -0.744 e. The highest BCUT2D eigenvalue weighted by atomic mass is 32.2. The Balaban J connectivity index is 1.26. The van der Waals surface area contributed by atoms with Crippen molar-refractivity contribution in [3.8, 4) is 6.07 Å². The molecule has 6 rings (SSSR count). The number of hydrogen-bond donors (Lipinski definition) is 0. The topological polar surface area (TPSA) is 150 Å². The molecule has 4 aromatic rings. The highest BCUT2D eigenvalue weighted by Crippen LogP contribution is 2.52. The predicted molar refractivity (Wildman–Crippen MR) is 254 cm³/mol. The van der Waals surface area contributed by atoms with Gasteiger partial charge in [0.15, 0.2) is 5.71 Å². The van der Waals surface area contributed by atoms with E-state index in [4.69, 9.17) is 14.3 Å². The predicted octanol–water partition coefficient (Wildman–Crippen LogP) is 10.8. The van der Waals surface area contributed by atoms with Gasteiger partial charge in [0.05, 0.1) is 48.1 Å². The van der Waals surface area contributed by atoms with E-state index in [9.17, 15) is 18.2 Å². The summed E-state index contributed by atoms with van der Waals surface area (Å²) >= 11 is 0.564. The van der Waals surface area contributed by atoms with Crippen LogP contribution in [-0.2, 0) is 39.4 Å². The first-order valence-corrected chi connectivity index (χ1v) is 25.2. The fraction of sp³-hybridized carbons (Fsp3) is 0.429. The fourth-order valence-corrected chi connectivity index (χ4v) is 12.2. The Morgan fingerprint density at radius 2 is 1.62 bits per heavy atom. The Morgan fingerprint density at radius 1 is 0.891 bits per heavy atom. The van der Waals surface area contributed by atoms with Crippen molar-refractivity contribution in [1.29, 1.82) is 5.26 Å². The normalized spacial score (nSPS) is 17.1. The molecule has 0 bridgehead atoms. The van der Waals surface area contributed by atoms with E-state index in [1.54, 1.807) is 0 Å². The van der Waals surface area contributed by atoms with Gasteiger partial charge in [-0.15, -0.1) is 0 Å². The zero-order chi connectivity index (χ0) is 46.4. The molecule has 0 aromatic heterocycles. The van der Waals surface area contributed by atoms with Gasteiger partial charge < -0.3 is 23.8 Å². The molecule has 342 valence electrons. The molecule has 1 atom stereocenters. The molecule has 0 fully saturated rings. The lowest BCUT2D eigenvalue weighted by Gasteiger charge is -2.35. The summed E-state index contributed by atoms with van der Waals surface area (Å²) in [5.74, 6) is 0. The second-order valence-corrected chi connectivity index (χ2v) is 21.2. The lowest BCUT2D eigenvalue weighted by atomic mass is 9.79. The number of allylic oxidation sites excluding steroid dienone is 6. The number of nitriles is 1. The average molecular weight is 928 g/mol. The average Bonchev–Trinajstić information content (AvgIpc) is 3.61. The number of nitrogens with zero attached hydrogens (tertiary/aromatic N) is 4. The van der Waals surface area contributed by atoms with Gasteiger partial charge in [0.1, 0.15) is 16.7 Å². The molecule has 0 saturated heterocycles. The van der Waals surface area contributed by atoms with Gasteiger partial charge in [0.2, 0.25) is 5.69 Å². The van der Waals surface area contributed by atoms with E-state index in [1.807, 2.05) is 24.3 Å². The third-order valence-electron chi connectivity index (χ3n) is 12.0. The SMILES string of the molecule is CCN1/C(=C/C=C/C=C/C2=[N+](CCCCCOP(OCCC#N)N(C(C)C)C(C)C)c3ccc4ccccc4c3C2(C)C)C(C)(C)c2c1ccc1c(SOO[O-])cc(S(=O)(=O)[O-])cc21. The second kappa shape index (κ2) is 21.1. The van der Waals surface area contributed by atoms with Gasteiger partial charge in [-0.05, 0) is 119 Å². The number of unbranched alkanes of at least 4 members (excludes halogenated alkanes) is 2. The highest BCUT2D eigenvalue weighted by molar-refractivity contribution is 7.94. The molecular weight excluding hydrogens is 868 g/mol. The number of anilines is 1. The Bertz CT molecular complexity index is 2610. The molecule has 4 aromatic carbocycles. The Kier molecular flexibility index (Phi) is 16.3. The Labute approximate surface area is 384 Å². The van der Waals surface area contributed by atoms with E-state index in [0.717, 1.165) is 42.8 Å². The van der Waals surface area contributed by atoms with Gasteiger partial charge in [-0.3, -0.25) is 5.04 Å². The van der Waals surface area contributed by atoms with Gasteiger partial charge in [0, 0.05) is 64.4 Å². The smallest absolute Gasteiger partial charge is 0.259 e. The lowest BCUT2D eigenvalue weighted by Crippen LogP contribution is -2.33. The standard InChI is InChI=1S/C49H61N4O8PS2/c1-10-51-41-27-25-39-40(32-37(64(55,56)57)33-43(39)63-61-60-54)47(41)48(6,7)44(51)22-13-11-14-23-45-49(8,9)46-38-21-16-15-20-36(38)24-26-42(46)52(45)29-17-12-18-30-58-62(59-31-19-28-50)53(34(2)3)35(4)5/h11,13-16,20-27,32-35H,10,12,17-19,29-31H2,1-9H3,(H-,54,55,56,57)/p-1.